The molecule has 0 aromatic heterocycles. The first-order valence-corrected chi connectivity index (χ1v) is 8.87. The highest BCUT2D eigenvalue weighted by Gasteiger charge is 2.21. The van der Waals surface area contributed by atoms with Crippen molar-refractivity contribution in [1.29, 1.82) is 0 Å². The van der Waals surface area contributed by atoms with Gasteiger partial charge in [0.2, 0.25) is 0 Å². The molecule has 25 heavy (non-hydrogen) atoms. The van der Waals surface area contributed by atoms with E-state index in [4.69, 9.17) is 14.2 Å². The van der Waals surface area contributed by atoms with Crippen LogP contribution in [0.15, 0.2) is 40.9 Å². The molecule has 1 heterocycles. The number of aryl methyl sites for hydroxylation is 2. The van der Waals surface area contributed by atoms with Crippen molar-refractivity contribution in [3.63, 3.8) is 0 Å². The maximum Gasteiger partial charge on any atom is 0.258 e. The highest BCUT2D eigenvalue weighted by atomic mass is 79.9. The zero-order chi connectivity index (χ0) is 17.8. The zero-order valence-corrected chi connectivity index (χ0v) is 15.8. The van der Waals surface area contributed by atoms with Crippen LogP contribution < -0.4 is 19.5 Å². The van der Waals surface area contributed by atoms with Gasteiger partial charge < -0.3 is 19.5 Å². The first-order valence-electron chi connectivity index (χ1n) is 8.07. The Hall–Kier alpha value is -2.21. The quantitative estimate of drug-likeness (QED) is 0.827. The Bertz CT molecular complexity index is 755. The fraction of sp³-hybridized carbons (Fsp3) is 0.316. The van der Waals surface area contributed by atoms with Gasteiger partial charge >= 0.3 is 0 Å². The maximum atomic E-state index is 12.0. The van der Waals surface area contributed by atoms with E-state index in [2.05, 4.69) is 21.2 Å². The van der Waals surface area contributed by atoms with E-state index in [0.717, 1.165) is 21.3 Å². The molecule has 0 saturated carbocycles. The summed E-state index contributed by atoms with van der Waals surface area (Å²) in [5.41, 5.74) is 2.14. The molecule has 2 aromatic carbocycles. The lowest BCUT2D eigenvalue weighted by molar-refractivity contribution is -0.123. The molecule has 132 valence electrons. The molecular formula is C19H20BrNO4. The average molecular weight is 406 g/mol. The highest BCUT2D eigenvalue weighted by Crippen LogP contribution is 2.30. The SMILES string of the molecule is Cc1cc(OCC(=O)NC[C@@H]2COc3ccccc3O2)cc(C)c1Br. The second-order valence-electron chi connectivity index (χ2n) is 5.96. The van der Waals surface area contributed by atoms with Gasteiger partial charge in [-0.15, -0.1) is 0 Å². The number of para-hydroxylation sites is 2. The van der Waals surface area contributed by atoms with Gasteiger partial charge in [0, 0.05) is 4.47 Å². The van der Waals surface area contributed by atoms with Crippen molar-refractivity contribution >= 4 is 21.8 Å². The Kier molecular flexibility index (Phi) is 5.48. The van der Waals surface area contributed by atoms with Crippen LogP contribution in [0.4, 0.5) is 0 Å². The molecule has 0 unspecified atom stereocenters. The number of nitrogens with one attached hydrogen (secondary N) is 1. The summed E-state index contributed by atoms with van der Waals surface area (Å²) in [6.45, 7) is 4.72. The van der Waals surface area contributed by atoms with Crippen LogP contribution in [-0.2, 0) is 4.79 Å². The number of rotatable bonds is 5. The Balaban J connectivity index is 1.46. The van der Waals surface area contributed by atoms with Crippen LogP contribution in [0.25, 0.3) is 0 Å². The number of hydrogen-bond donors (Lipinski definition) is 1. The number of carbonyl (C=O) groups is 1. The number of halogens is 1. The lowest BCUT2D eigenvalue weighted by Crippen LogP contribution is -2.42. The molecule has 0 bridgehead atoms. The van der Waals surface area contributed by atoms with E-state index in [1.54, 1.807) is 0 Å². The predicted molar refractivity (Wildman–Crippen MR) is 98.5 cm³/mol. The number of hydrogen-bond acceptors (Lipinski definition) is 4. The van der Waals surface area contributed by atoms with E-state index in [-0.39, 0.29) is 18.6 Å². The van der Waals surface area contributed by atoms with Crippen molar-refractivity contribution in [3.05, 3.63) is 52.0 Å². The van der Waals surface area contributed by atoms with E-state index in [9.17, 15) is 4.79 Å². The molecule has 0 spiro atoms. The largest absolute Gasteiger partial charge is 0.486 e. The van der Waals surface area contributed by atoms with Gasteiger partial charge in [0.25, 0.3) is 5.91 Å². The minimum atomic E-state index is -0.212. The number of fused-ring (bicyclic) bond motifs is 1. The smallest absolute Gasteiger partial charge is 0.258 e. The van der Waals surface area contributed by atoms with E-state index < -0.39 is 0 Å². The first-order chi connectivity index (χ1) is 12.0. The highest BCUT2D eigenvalue weighted by molar-refractivity contribution is 9.10. The topological polar surface area (TPSA) is 56.8 Å². The second kappa shape index (κ2) is 7.78. The minimum absolute atomic E-state index is 0.0370. The zero-order valence-electron chi connectivity index (χ0n) is 14.2. The number of carbonyl (C=O) groups excluding carboxylic acids is 1. The normalized spacial score (nSPS) is 15.6. The van der Waals surface area contributed by atoms with Crippen LogP contribution in [0.3, 0.4) is 0 Å². The molecule has 1 amide bonds. The van der Waals surface area contributed by atoms with Gasteiger partial charge in [-0.25, -0.2) is 0 Å². The minimum Gasteiger partial charge on any atom is -0.486 e. The fourth-order valence-electron chi connectivity index (χ4n) is 2.58. The molecule has 6 heteroatoms. The molecule has 0 fully saturated rings. The molecule has 0 aliphatic carbocycles. The molecule has 1 aliphatic heterocycles. The summed E-state index contributed by atoms with van der Waals surface area (Å²) in [5.74, 6) is 1.92. The lowest BCUT2D eigenvalue weighted by Gasteiger charge is -2.26. The summed E-state index contributed by atoms with van der Waals surface area (Å²) in [6, 6.07) is 11.3. The van der Waals surface area contributed by atoms with Crippen LogP contribution in [0.5, 0.6) is 17.2 Å². The van der Waals surface area contributed by atoms with E-state index in [1.807, 2.05) is 50.2 Å². The molecular weight excluding hydrogens is 386 g/mol. The lowest BCUT2D eigenvalue weighted by atomic mass is 10.1. The van der Waals surface area contributed by atoms with Crippen molar-refractivity contribution in [2.24, 2.45) is 0 Å². The van der Waals surface area contributed by atoms with Crippen molar-refractivity contribution in [3.8, 4) is 17.2 Å². The van der Waals surface area contributed by atoms with Gasteiger partial charge in [0.15, 0.2) is 18.1 Å². The molecule has 5 nitrogen and oxygen atoms in total. The summed E-state index contributed by atoms with van der Waals surface area (Å²) in [5, 5.41) is 2.82. The average Bonchev–Trinajstić information content (AvgIpc) is 2.62. The van der Waals surface area contributed by atoms with Crippen LogP contribution in [-0.4, -0.2) is 31.8 Å². The molecule has 1 atom stereocenters. The van der Waals surface area contributed by atoms with Gasteiger partial charge in [-0.2, -0.15) is 0 Å². The third kappa shape index (κ3) is 4.45. The third-order valence-electron chi connectivity index (χ3n) is 3.87. The number of benzene rings is 2. The summed E-state index contributed by atoms with van der Waals surface area (Å²) in [4.78, 5) is 12.0. The Labute approximate surface area is 155 Å². The molecule has 0 saturated heterocycles. The second-order valence-corrected chi connectivity index (χ2v) is 6.75. The summed E-state index contributed by atoms with van der Waals surface area (Å²) in [7, 11) is 0. The number of amides is 1. The van der Waals surface area contributed by atoms with Crippen LogP contribution >= 0.6 is 15.9 Å². The van der Waals surface area contributed by atoms with Crippen LogP contribution in [0.1, 0.15) is 11.1 Å². The Morgan fingerprint density at radius 3 is 2.64 bits per heavy atom. The third-order valence-corrected chi connectivity index (χ3v) is 5.13. The van der Waals surface area contributed by atoms with Crippen LogP contribution in [0, 0.1) is 13.8 Å². The number of ether oxygens (including phenoxy) is 3. The van der Waals surface area contributed by atoms with E-state index >= 15 is 0 Å². The predicted octanol–water partition coefficient (Wildman–Crippen LogP) is 3.40. The Morgan fingerprint density at radius 2 is 1.92 bits per heavy atom. The van der Waals surface area contributed by atoms with E-state index in [0.29, 0.717) is 24.7 Å². The van der Waals surface area contributed by atoms with Gasteiger partial charge in [0.05, 0.1) is 6.54 Å². The van der Waals surface area contributed by atoms with Crippen LogP contribution in [0.2, 0.25) is 0 Å². The van der Waals surface area contributed by atoms with Crippen molar-refractivity contribution in [2.45, 2.75) is 20.0 Å². The standard InChI is InChI=1S/C19H20BrNO4/c1-12-7-14(8-13(2)19(12)20)23-11-18(22)21-9-15-10-24-16-5-3-4-6-17(16)25-15/h3-8,15H,9-11H2,1-2H3,(H,21,22)/t15-/m1/s1. The van der Waals surface area contributed by atoms with E-state index in [1.165, 1.54) is 0 Å². The van der Waals surface area contributed by atoms with Crippen molar-refractivity contribution < 1.29 is 19.0 Å². The van der Waals surface area contributed by atoms with Crippen molar-refractivity contribution in [2.75, 3.05) is 19.8 Å². The molecule has 3 rings (SSSR count). The summed E-state index contributed by atoms with van der Waals surface area (Å²) < 4.78 is 18.1. The molecule has 0 radical (unpaired) electrons. The van der Waals surface area contributed by atoms with Gasteiger partial charge in [-0.3, -0.25) is 4.79 Å². The maximum absolute atomic E-state index is 12.0. The van der Waals surface area contributed by atoms with Gasteiger partial charge in [0.1, 0.15) is 18.5 Å². The Morgan fingerprint density at radius 1 is 1.24 bits per heavy atom. The monoisotopic (exact) mass is 405 g/mol. The van der Waals surface area contributed by atoms with Gasteiger partial charge in [-0.05, 0) is 49.2 Å². The first kappa shape index (κ1) is 17.6. The summed E-state index contributed by atoms with van der Waals surface area (Å²) in [6.07, 6.45) is -0.212. The fourth-order valence-corrected chi connectivity index (χ4v) is 2.81. The van der Waals surface area contributed by atoms with Crippen molar-refractivity contribution in [1.82, 2.24) is 5.32 Å². The molecule has 2 aromatic rings. The summed E-state index contributed by atoms with van der Waals surface area (Å²) >= 11 is 3.51. The van der Waals surface area contributed by atoms with Gasteiger partial charge in [-0.1, -0.05) is 28.1 Å². The molecule has 1 N–H and O–H groups in total. The molecule has 1 aliphatic rings.